The van der Waals surface area contributed by atoms with Gasteiger partial charge in [0.25, 0.3) is 0 Å². The van der Waals surface area contributed by atoms with Crippen LogP contribution < -0.4 is 5.32 Å². The van der Waals surface area contributed by atoms with E-state index >= 15 is 0 Å². The fraction of sp³-hybridized carbons (Fsp3) is 0.167. The van der Waals surface area contributed by atoms with Crippen LogP contribution in [0.25, 0.3) is 0 Å². The Morgan fingerprint density at radius 1 is 1.05 bits per heavy atom. The highest BCUT2D eigenvalue weighted by molar-refractivity contribution is 6.00. The van der Waals surface area contributed by atoms with Crippen LogP contribution in [0.3, 0.4) is 0 Å². The third-order valence-corrected chi connectivity index (χ3v) is 3.06. The highest BCUT2D eigenvalue weighted by Crippen LogP contribution is 2.18. The molecule has 0 bridgehead atoms. The monoisotopic (exact) mass is 265 g/mol. The van der Waals surface area contributed by atoms with Crippen molar-refractivity contribution in [3.05, 3.63) is 83.9 Å². The molecule has 0 aromatic heterocycles. The molecule has 1 atom stereocenters. The zero-order valence-electron chi connectivity index (χ0n) is 11.7. The molecule has 0 saturated heterocycles. The number of rotatable bonds is 6. The SMILES string of the molecule is C=C(C)CNC(C(=O)c1ccccc1)c1ccccc1. The number of hydrogen-bond acceptors (Lipinski definition) is 2. The molecule has 2 aromatic carbocycles. The minimum atomic E-state index is -0.338. The molecule has 0 spiro atoms. The van der Waals surface area contributed by atoms with Gasteiger partial charge in [-0.1, -0.05) is 72.8 Å². The van der Waals surface area contributed by atoms with Crippen LogP contribution in [0, 0.1) is 0 Å². The number of ketones is 1. The Morgan fingerprint density at radius 3 is 2.15 bits per heavy atom. The maximum Gasteiger partial charge on any atom is 0.184 e. The Hall–Kier alpha value is -2.19. The van der Waals surface area contributed by atoms with Crippen molar-refractivity contribution in [1.82, 2.24) is 5.32 Å². The number of nitrogens with one attached hydrogen (secondary N) is 1. The largest absolute Gasteiger partial charge is 0.300 e. The van der Waals surface area contributed by atoms with Crippen LogP contribution in [0.2, 0.25) is 0 Å². The predicted molar refractivity (Wildman–Crippen MR) is 82.8 cm³/mol. The van der Waals surface area contributed by atoms with E-state index in [1.54, 1.807) is 0 Å². The molecule has 0 saturated carbocycles. The van der Waals surface area contributed by atoms with Crippen LogP contribution in [-0.2, 0) is 0 Å². The van der Waals surface area contributed by atoms with Gasteiger partial charge in [0.05, 0.1) is 6.04 Å². The molecule has 2 rings (SSSR count). The van der Waals surface area contributed by atoms with Crippen molar-refractivity contribution in [3.63, 3.8) is 0 Å². The normalized spacial score (nSPS) is 11.8. The average molecular weight is 265 g/mol. The molecule has 102 valence electrons. The Bertz CT molecular complexity index is 575. The number of hydrogen-bond donors (Lipinski definition) is 1. The molecule has 0 aliphatic heterocycles. The smallest absolute Gasteiger partial charge is 0.184 e. The lowest BCUT2D eigenvalue weighted by atomic mass is 9.97. The third kappa shape index (κ3) is 3.65. The van der Waals surface area contributed by atoms with E-state index in [1.165, 1.54) is 0 Å². The van der Waals surface area contributed by atoms with Crippen LogP contribution in [0.5, 0.6) is 0 Å². The summed E-state index contributed by atoms with van der Waals surface area (Å²) < 4.78 is 0. The first-order chi connectivity index (χ1) is 9.68. The van der Waals surface area contributed by atoms with Crippen molar-refractivity contribution >= 4 is 5.78 Å². The molecular formula is C18H19NO. The van der Waals surface area contributed by atoms with E-state index in [-0.39, 0.29) is 11.8 Å². The molecule has 1 unspecified atom stereocenters. The lowest BCUT2D eigenvalue weighted by Gasteiger charge is -2.18. The first-order valence-electron chi connectivity index (χ1n) is 6.70. The van der Waals surface area contributed by atoms with E-state index in [9.17, 15) is 4.79 Å². The van der Waals surface area contributed by atoms with Gasteiger partial charge in [-0.2, -0.15) is 0 Å². The van der Waals surface area contributed by atoms with Gasteiger partial charge in [0, 0.05) is 12.1 Å². The number of Topliss-reactive ketones (excluding diaryl/α,β-unsaturated/α-hetero) is 1. The number of carbonyl (C=O) groups excluding carboxylic acids is 1. The first kappa shape index (κ1) is 14.2. The molecule has 2 nitrogen and oxygen atoms in total. The molecule has 20 heavy (non-hydrogen) atoms. The second kappa shape index (κ2) is 6.83. The Balaban J connectivity index is 2.27. The van der Waals surface area contributed by atoms with Crippen molar-refractivity contribution in [3.8, 4) is 0 Å². The minimum absolute atomic E-state index is 0.0815. The van der Waals surface area contributed by atoms with Crippen LogP contribution in [0.15, 0.2) is 72.8 Å². The molecule has 2 heteroatoms. The van der Waals surface area contributed by atoms with E-state index in [0.717, 1.165) is 16.7 Å². The van der Waals surface area contributed by atoms with Gasteiger partial charge in [0.15, 0.2) is 5.78 Å². The maximum absolute atomic E-state index is 12.7. The van der Waals surface area contributed by atoms with Crippen molar-refractivity contribution < 1.29 is 4.79 Å². The van der Waals surface area contributed by atoms with Gasteiger partial charge < -0.3 is 0 Å². The van der Waals surface area contributed by atoms with Crippen molar-refractivity contribution in [2.24, 2.45) is 0 Å². The maximum atomic E-state index is 12.7. The summed E-state index contributed by atoms with van der Waals surface area (Å²) in [7, 11) is 0. The third-order valence-electron chi connectivity index (χ3n) is 3.06. The van der Waals surface area contributed by atoms with Crippen molar-refractivity contribution in [1.29, 1.82) is 0 Å². The number of carbonyl (C=O) groups is 1. The predicted octanol–water partition coefficient (Wildman–Crippen LogP) is 3.78. The second-order valence-corrected chi connectivity index (χ2v) is 4.91. The zero-order chi connectivity index (χ0) is 14.4. The first-order valence-corrected chi connectivity index (χ1v) is 6.70. The van der Waals surface area contributed by atoms with E-state index < -0.39 is 0 Å². The van der Waals surface area contributed by atoms with Crippen LogP contribution >= 0.6 is 0 Å². The summed E-state index contributed by atoms with van der Waals surface area (Å²) in [5, 5.41) is 3.28. The summed E-state index contributed by atoms with van der Waals surface area (Å²) in [5.74, 6) is 0.0815. The molecule has 0 heterocycles. The quantitative estimate of drug-likeness (QED) is 0.636. The van der Waals surface area contributed by atoms with Gasteiger partial charge in [0.1, 0.15) is 0 Å². The highest BCUT2D eigenvalue weighted by atomic mass is 16.1. The Morgan fingerprint density at radius 2 is 1.60 bits per heavy atom. The molecule has 0 aliphatic carbocycles. The van der Waals surface area contributed by atoms with Gasteiger partial charge in [-0.25, -0.2) is 0 Å². The summed E-state index contributed by atoms with van der Waals surface area (Å²) in [4.78, 5) is 12.7. The van der Waals surface area contributed by atoms with Gasteiger partial charge in [-0.05, 0) is 12.5 Å². The highest BCUT2D eigenvalue weighted by Gasteiger charge is 2.20. The molecule has 0 fully saturated rings. The van der Waals surface area contributed by atoms with Crippen LogP contribution in [-0.4, -0.2) is 12.3 Å². The van der Waals surface area contributed by atoms with E-state index in [0.29, 0.717) is 6.54 Å². The van der Waals surface area contributed by atoms with E-state index in [4.69, 9.17) is 0 Å². The topological polar surface area (TPSA) is 29.1 Å². The fourth-order valence-electron chi connectivity index (χ4n) is 2.05. The lowest BCUT2D eigenvalue weighted by Crippen LogP contribution is -2.30. The lowest BCUT2D eigenvalue weighted by molar-refractivity contribution is 0.0944. The molecule has 2 aromatic rings. The molecular weight excluding hydrogens is 246 g/mol. The van der Waals surface area contributed by atoms with Crippen molar-refractivity contribution in [2.75, 3.05) is 6.54 Å². The fourth-order valence-corrected chi connectivity index (χ4v) is 2.05. The van der Waals surface area contributed by atoms with Gasteiger partial charge in [-0.3, -0.25) is 10.1 Å². The number of benzene rings is 2. The van der Waals surface area contributed by atoms with E-state index in [2.05, 4.69) is 11.9 Å². The summed E-state index contributed by atoms with van der Waals surface area (Å²) in [6.07, 6.45) is 0. The summed E-state index contributed by atoms with van der Waals surface area (Å²) in [6, 6.07) is 18.8. The Kier molecular flexibility index (Phi) is 4.85. The summed E-state index contributed by atoms with van der Waals surface area (Å²) in [6.45, 7) is 6.45. The standard InChI is InChI=1S/C18H19NO/c1-14(2)13-19-17(15-9-5-3-6-10-15)18(20)16-11-7-4-8-12-16/h3-12,17,19H,1,13H2,2H3. The van der Waals surface area contributed by atoms with E-state index in [1.807, 2.05) is 67.6 Å². The van der Waals surface area contributed by atoms with Crippen molar-refractivity contribution in [2.45, 2.75) is 13.0 Å². The second-order valence-electron chi connectivity index (χ2n) is 4.91. The summed E-state index contributed by atoms with van der Waals surface area (Å²) in [5.41, 5.74) is 2.70. The minimum Gasteiger partial charge on any atom is -0.300 e. The Labute approximate surface area is 120 Å². The zero-order valence-corrected chi connectivity index (χ0v) is 11.7. The molecule has 1 N–H and O–H groups in total. The van der Waals surface area contributed by atoms with Crippen LogP contribution in [0.4, 0.5) is 0 Å². The van der Waals surface area contributed by atoms with Gasteiger partial charge in [-0.15, -0.1) is 0 Å². The average Bonchev–Trinajstić information content (AvgIpc) is 2.49. The molecule has 0 aliphatic rings. The van der Waals surface area contributed by atoms with Crippen LogP contribution in [0.1, 0.15) is 28.9 Å². The summed E-state index contributed by atoms with van der Waals surface area (Å²) >= 11 is 0. The molecule has 0 amide bonds. The van der Waals surface area contributed by atoms with Gasteiger partial charge >= 0.3 is 0 Å². The van der Waals surface area contributed by atoms with Gasteiger partial charge in [0.2, 0.25) is 0 Å². The molecule has 0 radical (unpaired) electrons.